The summed E-state index contributed by atoms with van der Waals surface area (Å²) in [5, 5.41) is 3.25. The van der Waals surface area contributed by atoms with Gasteiger partial charge in [-0.05, 0) is 0 Å². The molecule has 0 aliphatic carbocycles. The summed E-state index contributed by atoms with van der Waals surface area (Å²) in [6, 6.07) is 0. The van der Waals surface area contributed by atoms with Crippen LogP contribution in [0, 0.1) is 5.92 Å². The summed E-state index contributed by atoms with van der Waals surface area (Å²) in [7, 11) is 0. The molecule has 10 heavy (non-hydrogen) atoms. The number of nitrogens with one attached hydrogen (secondary N) is 2. The first kappa shape index (κ1) is 5.80. The van der Waals surface area contributed by atoms with Gasteiger partial charge in [0.1, 0.15) is 0 Å². The molecule has 3 nitrogen and oxygen atoms in total. The first-order valence-electron chi connectivity index (χ1n) is 3.45. The van der Waals surface area contributed by atoms with E-state index in [0.29, 0.717) is 5.92 Å². The van der Waals surface area contributed by atoms with E-state index in [1.807, 2.05) is 6.20 Å². The molecule has 3 heteroatoms. The van der Waals surface area contributed by atoms with Gasteiger partial charge in [-0.25, -0.2) is 0 Å². The standard InChI is InChI=1S/C7H10N2O/c1-2-6-5-10-9-4-7(6)8-3-1/h1-2,4,6,8-9H,3,5H2. The largest absolute Gasteiger partial charge is 0.383 e. The second-order valence-corrected chi connectivity index (χ2v) is 2.44. The predicted molar refractivity (Wildman–Crippen MR) is 37.8 cm³/mol. The van der Waals surface area contributed by atoms with Crippen molar-refractivity contribution in [2.45, 2.75) is 0 Å². The highest BCUT2D eigenvalue weighted by molar-refractivity contribution is 5.17. The monoisotopic (exact) mass is 138 g/mol. The van der Waals surface area contributed by atoms with Gasteiger partial charge in [-0.2, -0.15) is 0 Å². The van der Waals surface area contributed by atoms with Crippen LogP contribution in [0.15, 0.2) is 24.0 Å². The van der Waals surface area contributed by atoms with Gasteiger partial charge in [-0.15, -0.1) is 0 Å². The number of hydrogen-bond acceptors (Lipinski definition) is 3. The SMILES string of the molecule is C1=CC2CONC=C2NC1. The molecule has 0 aromatic heterocycles. The van der Waals surface area contributed by atoms with Crippen LogP contribution in [0.5, 0.6) is 0 Å². The minimum absolute atomic E-state index is 0.440. The molecular weight excluding hydrogens is 128 g/mol. The molecule has 0 radical (unpaired) electrons. The van der Waals surface area contributed by atoms with Crippen molar-refractivity contribution in [1.29, 1.82) is 0 Å². The molecule has 2 aliphatic heterocycles. The lowest BCUT2D eigenvalue weighted by Gasteiger charge is -2.25. The molecule has 2 aliphatic rings. The quantitative estimate of drug-likeness (QED) is 0.467. The van der Waals surface area contributed by atoms with Gasteiger partial charge in [-0.3, -0.25) is 10.3 Å². The number of rotatable bonds is 0. The second kappa shape index (κ2) is 2.34. The van der Waals surface area contributed by atoms with Crippen LogP contribution in [0.25, 0.3) is 0 Å². The molecule has 54 valence electrons. The van der Waals surface area contributed by atoms with Crippen molar-refractivity contribution >= 4 is 0 Å². The van der Waals surface area contributed by atoms with Crippen LogP contribution in [0.2, 0.25) is 0 Å². The Morgan fingerprint density at radius 1 is 1.60 bits per heavy atom. The lowest BCUT2D eigenvalue weighted by Crippen LogP contribution is -2.33. The summed E-state index contributed by atoms with van der Waals surface area (Å²) in [4.78, 5) is 5.02. The maximum Gasteiger partial charge on any atom is 0.0863 e. The summed E-state index contributed by atoms with van der Waals surface area (Å²) in [5.41, 5.74) is 3.96. The third kappa shape index (κ3) is 0.885. The van der Waals surface area contributed by atoms with Crippen molar-refractivity contribution < 1.29 is 4.84 Å². The van der Waals surface area contributed by atoms with Gasteiger partial charge in [0, 0.05) is 24.4 Å². The smallest absolute Gasteiger partial charge is 0.0863 e. The molecule has 0 aromatic carbocycles. The average molecular weight is 138 g/mol. The molecule has 1 atom stereocenters. The summed E-state index contributed by atoms with van der Waals surface area (Å²) < 4.78 is 0. The van der Waals surface area contributed by atoms with E-state index in [2.05, 4.69) is 22.9 Å². The predicted octanol–water partition coefficient (Wildman–Crippen LogP) is 0.138. The molecule has 0 spiro atoms. The fraction of sp³-hybridized carbons (Fsp3) is 0.429. The average Bonchev–Trinajstić information content (AvgIpc) is 2.05. The summed E-state index contributed by atoms with van der Waals surface area (Å²) >= 11 is 0. The molecule has 0 aromatic rings. The van der Waals surface area contributed by atoms with E-state index in [-0.39, 0.29) is 0 Å². The lowest BCUT2D eigenvalue weighted by atomic mass is 10.0. The topological polar surface area (TPSA) is 33.3 Å². The molecule has 0 saturated heterocycles. The zero-order valence-electron chi connectivity index (χ0n) is 5.63. The van der Waals surface area contributed by atoms with E-state index in [0.717, 1.165) is 13.2 Å². The fourth-order valence-electron chi connectivity index (χ4n) is 1.19. The van der Waals surface area contributed by atoms with Crippen molar-refractivity contribution in [2.24, 2.45) is 5.92 Å². The Bertz CT molecular complexity index is 186. The minimum Gasteiger partial charge on any atom is -0.383 e. The van der Waals surface area contributed by atoms with Crippen LogP contribution in [-0.2, 0) is 4.84 Å². The lowest BCUT2D eigenvalue weighted by molar-refractivity contribution is 0.0437. The van der Waals surface area contributed by atoms with E-state index >= 15 is 0 Å². The Morgan fingerprint density at radius 3 is 3.50 bits per heavy atom. The molecular formula is C7H10N2O. The van der Waals surface area contributed by atoms with Crippen LogP contribution in [-0.4, -0.2) is 13.2 Å². The zero-order valence-corrected chi connectivity index (χ0v) is 5.63. The van der Waals surface area contributed by atoms with Crippen LogP contribution in [0.3, 0.4) is 0 Å². The van der Waals surface area contributed by atoms with Crippen molar-refractivity contribution in [3.63, 3.8) is 0 Å². The van der Waals surface area contributed by atoms with Gasteiger partial charge in [0.15, 0.2) is 0 Å². The van der Waals surface area contributed by atoms with Crippen LogP contribution < -0.4 is 10.8 Å². The maximum atomic E-state index is 5.02. The molecule has 2 rings (SSSR count). The summed E-state index contributed by atoms with van der Waals surface area (Å²) in [6.07, 6.45) is 6.16. The molecule has 0 amide bonds. The van der Waals surface area contributed by atoms with E-state index in [1.165, 1.54) is 5.70 Å². The van der Waals surface area contributed by atoms with E-state index in [1.54, 1.807) is 0 Å². The normalized spacial score (nSPS) is 29.6. The number of hydroxylamine groups is 1. The van der Waals surface area contributed by atoms with Gasteiger partial charge in [-0.1, -0.05) is 12.2 Å². The van der Waals surface area contributed by atoms with Crippen molar-refractivity contribution in [1.82, 2.24) is 10.8 Å². The third-order valence-corrected chi connectivity index (χ3v) is 1.75. The highest BCUT2D eigenvalue weighted by atomic mass is 16.6. The van der Waals surface area contributed by atoms with E-state index in [9.17, 15) is 0 Å². The molecule has 0 bridgehead atoms. The Hall–Kier alpha value is -0.960. The minimum atomic E-state index is 0.440. The maximum absolute atomic E-state index is 5.02. The molecule has 0 saturated carbocycles. The van der Waals surface area contributed by atoms with Gasteiger partial charge < -0.3 is 5.32 Å². The number of hydrogen-bond donors (Lipinski definition) is 2. The Kier molecular flexibility index (Phi) is 1.36. The van der Waals surface area contributed by atoms with Crippen LogP contribution in [0.1, 0.15) is 0 Å². The van der Waals surface area contributed by atoms with Crippen molar-refractivity contribution in [2.75, 3.05) is 13.2 Å². The van der Waals surface area contributed by atoms with Crippen LogP contribution in [0.4, 0.5) is 0 Å². The zero-order chi connectivity index (χ0) is 6.81. The first-order valence-corrected chi connectivity index (χ1v) is 3.45. The van der Waals surface area contributed by atoms with Crippen molar-refractivity contribution in [3.8, 4) is 0 Å². The summed E-state index contributed by atoms with van der Waals surface area (Å²) in [6.45, 7) is 1.67. The second-order valence-electron chi connectivity index (χ2n) is 2.44. The van der Waals surface area contributed by atoms with Crippen LogP contribution >= 0.6 is 0 Å². The highest BCUT2D eigenvalue weighted by Gasteiger charge is 2.16. The molecule has 2 N–H and O–H groups in total. The third-order valence-electron chi connectivity index (χ3n) is 1.75. The fourth-order valence-corrected chi connectivity index (χ4v) is 1.19. The van der Waals surface area contributed by atoms with Gasteiger partial charge in [0.05, 0.1) is 6.61 Å². The Morgan fingerprint density at radius 2 is 2.60 bits per heavy atom. The molecule has 1 unspecified atom stereocenters. The van der Waals surface area contributed by atoms with Gasteiger partial charge in [0.2, 0.25) is 0 Å². The van der Waals surface area contributed by atoms with Gasteiger partial charge in [0.25, 0.3) is 0 Å². The van der Waals surface area contributed by atoms with E-state index in [4.69, 9.17) is 4.84 Å². The van der Waals surface area contributed by atoms with Crippen molar-refractivity contribution in [3.05, 3.63) is 24.0 Å². The number of fused-ring (bicyclic) bond motifs is 1. The Labute approximate surface area is 59.7 Å². The highest BCUT2D eigenvalue weighted by Crippen LogP contribution is 2.15. The van der Waals surface area contributed by atoms with Gasteiger partial charge >= 0.3 is 0 Å². The first-order chi connectivity index (χ1) is 4.97. The van der Waals surface area contributed by atoms with E-state index < -0.39 is 0 Å². The summed E-state index contributed by atoms with van der Waals surface area (Å²) in [5.74, 6) is 0.440. The molecule has 2 heterocycles. The molecule has 0 fully saturated rings. The Balaban J connectivity index is 2.20.